The van der Waals surface area contributed by atoms with E-state index < -0.39 is 0 Å². The summed E-state index contributed by atoms with van der Waals surface area (Å²) in [7, 11) is 4.79. The Morgan fingerprint density at radius 2 is 1.83 bits per heavy atom. The maximum absolute atomic E-state index is 12.8. The second kappa shape index (κ2) is 10.1. The average Bonchev–Trinajstić information content (AvgIpc) is 3.35. The number of carbonyl (C=O) groups is 1. The number of rotatable bonds is 11. The van der Waals surface area contributed by atoms with Gasteiger partial charge in [-0.25, -0.2) is 0 Å². The van der Waals surface area contributed by atoms with E-state index in [1.54, 1.807) is 21.3 Å². The Balaban J connectivity index is 1.66. The van der Waals surface area contributed by atoms with E-state index in [4.69, 9.17) is 18.9 Å². The molecule has 1 saturated carbocycles. The molecule has 3 atom stereocenters. The minimum atomic E-state index is -0.148. The molecule has 1 aliphatic heterocycles. The zero-order valence-electron chi connectivity index (χ0n) is 18.0. The third-order valence-electron chi connectivity index (χ3n) is 6.08. The van der Waals surface area contributed by atoms with Crippen molar-refractivity contribution in [3.63, 3.8) is 0 Å². The number of methoxy groups -OCH3 is 3. The van der Waals surface area contributed by atoms with Gasteiger partial charge >= 0.3 is 5.97 Å². The van der Waals surface area contributed by atoms with Gasteiger partial charge in [-0.2, -0.15) is 0 Å². The summed E-state index contributed by atoms with van der Waals surface area (Å²) in [5, 5.41) is 3.44. The van der Waals surface area contributed by atoms with Crippen LogP contribution in [0.15, 0.2) is 12.1 Å². The molecule has 2 aliphatic rings. The van der Waals surface area contributed by atoms with Gasteiger partial charge in [0.2, 0.25) is 5.75 Å². The van der Waals surface area contributed by atoms with Gasteiger partial charge in [-0.3, -0.25) is 9.69 Å². The number of anilines is 1. The van der Waals surface area contributed by atoms with Crippen LogP contribution in [-0.2, 0) is 9.53 Å². The minimum Gasteiger partial charge on any atom is -0.493 e. The summed E-state index contributed by atoms with van der Waals surface area (Å²) >= 11 is 0. The van der Waals surface area contributed by atoms with Gasteiger partial charge in [0, 0.05) is 23.9 Å². The van der Waals surface area contributed by atoms with Crippen LogP contribution in [0.25, 0.3) is 0 Å². The second-order valence-corrected chi connectivity index (χ2v) is 7.81. The molecule has 29 heavy (non-hydrogen) atoms. The highest BCUT2D eigenvalue weighted by Gasteiger charge is 2.49. The lowest BCUT2D eigenvalue weighted by Gasteiger charge is -2.34. The first-order valence-electron chi connectivity index (χ1n) is 10.6. The Kier molecular flexibility index (Phi) is 7.47. The molecule has 2 unspecified atom stereocenters. The molecular weight excluding hydrogens is 372 g/mol. The number of likely N-dealkylation sites (tertiary alicyclic amines) is 1. The molecule has 3 rings (SSSR count). The van der Waals surface area contributed by atoms with Crippen molar-refractivity contribution >= 4 is 11.7 Å². The standard InChI is InChI=1S/C22H34N2O5/c1-5-6-7-10-29-22(25)20-15-8-9-17(11-15)24(20)14-23-16-12-18(26-2)21(28-4)19(13-16)27-3/h12-13,15,17,20,23H,5-11,14H2,1-4H3/t15?,17?,20-/m0/s1. The largest absolute Gasteiger partial charge is 0.493 e. The number of esters is 1. The van der Waals surface area contributed by atoms with Gasteiger partial charge in [-0.1, -0.05) is 19.8 Å². The predicted molar refractivity (Wildman–Crippen MR) is 112 cm³/mol. The highest BCUT2D eigenvalue weighted by atomic mass is 16.5. The van der Waals surface area contributed by atoms with Gasteiger partial charge in [-0.15, -0.1) is 0 Å². The molecule has 0 amide bonds. The molecule has 1 aromatic rings. The van der Waals surface area contributed by atoms with Gasteiger partial charge in [0.25, 0.3) is 0 Å². The fourth-order valence-electron chi connectivity index (χ4n) is 4.61. The number of hydrogen-bond donors (Lipinski definition) is 1. The van der Waals surface area contributed by atoms with Gasteiger partial charge in [0.1, 0.15) is 6.04 Å². The molecule has 1 aliphatic carbocycles. The first kappa shape index (κ1) is 21.6. The van der Waals surface area contributed by atoms with Crippen LogP contribution in [0.4, 0.5) is 5.69 Å². The highest BCUT2D eigenvalue weighted by Crippen LogP contribution is 2.43. The van der Waals surface area contributed by atoms with Crippen LogP contribution < -0.4 is 19.5 Å². The predicted octanol–water partition coefficient (Wildman–Crippen LogP) is 3.67. The van der Waals surface area contributed by atoms with Crippen molar-refractivity contribution in [2.24, 2.45) is 5.92 Å². The molecule has 0 radical (unpaired) electrons. The summed E-state index contributed by atoms with van der Waals surface area (Å²) < 4.78 is 21.8. The van der Waals surface area contributed by atoms with E-state index in [0.29, 0.717) is 42.5 Å². The maximum Gasteiger partial charge on any atom is 0.323 e. The molecule has 1 N–H and O–H groups in total. The molecular formula is C22H34N2O5. The van der Waals surface area contributed by atoms with E-state index >= 15 is 0 Å². The number of fused-ring (bicyclic) bond motifs is 2. The van der Waals surface area contributed by atoms with Crippen LogP contribution in [0, 0.1) is 5.92 Å². The highest BCUT2D eigenvalue weighted by molar-refractivity contribution is 5.77. The van der Waals surface area contributed by atoms with Crippen molar-refractivity contribution in [2.75, 3.05) is 39.9 Å². The molecule has 7 heteroatoms. The summed E-state index contributed by atoms with van der Waals surface area (Å²) in [6, 6.07) is 4.05. The number of piperidine rings is 1. The SMILES string of the molecule is CCCCCOC(=O)[C@@H]1C2CCC(C2)N1CNc1cc(OC)c(OC)c(OC)c1. The Morgan fingerprint density at radius 3 is 2.45 bits per heavy atom. The van der Waals surface area contributed by atoms with Gasteiger partial charge < -0.3 is 24.3 Å². The van der Waals surface area contributed by atoms with E-state index in [1.165, 1.54) is 0 Å². The quantitative estimate of drug-likeness (QED) is 0.444. The van der Waals surface area contributed by atoms with E-state index in [-0.39, 0.29) is 12.0 Å². The van der Waals surface area contributed by atoms with Crippen LogP contribution in [-0.4, -0.2) is 57.6 Å². The summed E-state index contributed by atoms with van der Waals surface area (Å²) in [5.41, 5.74) is 0.859. The van der Waals surface area contributed by atoms with Crippen molar-refractivity contribution in [1.82, 2.24) is 4.90 Å². The molecule has 0 aromatic heterocycles. The molecule has 0 spiro atoms. The lowest BCUT2D eigenvalue weighted by Crippen LogP contribution is -2.48. The molecule has 2 fully saturated rings. The first-order valence-corrected chi connectivity index (χ1v) is 10.6. The summed E-state index contributed by atoms with van der Waals surface area (Å²) in [6.45, 7) is 3.25. The summed E-state index contributed by atoms with van der Waals surface area (Å²) in [4.78, 5) is 15.0. The number of carbonyl (C=O) groups excluding carboxylic acids is 1. The third-order valence-corrected chi connectivity index (χ3v) is 6.08. The van der Waals surface area contributed by atoms with Gasteiger partial charge in [-0.05, 0) is 31.6 Å². The van der Waals surface area contributed by atoms with Crippen LogP contribution in [0.3, 0.4) is 0 Å². The van der Waals surface area contributed by atoms with Crippen molar-refractivity contribution in [3.8, 4) is 17.2 Å². The molecule has 1 saturated heterocycles. The van der Waals surface area contributed by atoms with E-state index in [1.807, 2.05) is 12.1 Å². The Hall–Kier alpha value is -2.15. The topological polar surface area (TPSA) is 69.3 Å². The fourth-order valence-corrected chi connectivity index (χ4v) is 4.61. The molecule has 1 aromatic carbocycles. The summed E-state index contributed by atoms with van der Waals surface area (Å²) in [5.74, 6) is 2.10. The summed E-state index contributed by atoms with van der Waals surface area (Å²) in [6.07, 6.45) is 6.48. The number of hydrogen-bond acceptors (Lipinski definition) is 7. The number of nitrogens with zero attached hydrogens (tertiary/aromatic N) is 1. The normalized spacial score (nSPS) is 23.1. The van der Waals surface area contributed by atoms with Gasteiger partial charge in [0.15, 0.2) is 11.5 Å². The maximum atomic E-state index is 12.8. The Bertz CT molecular complexity index is 671. The van der Waals surface area contributed by atoms with Crippen LogP contribution in [0.2, 0.25) is 0 Å². The lowest BCUT2D eigenvalue weighted by molar-refractivity contribution is -0.151. The lowest BCUT2D eigenvalue weighted by atomic mass is 9.99. The number of benzene rings is 1. The Morgan fingerprint density at radius 1 is 1.10 bits per heavy atom. The van der Waals surface area contributed by atoms with Crippen LogP contribution in [0.5, 0.6) is 17.2 Å². The van der Waals surface area contributed by atoms with Crippen molar-refractivity contribution in [3.05, 3.63) is 12.1 Å². The third kappa shape index (κ3) is 4.71. The van der Waals surface area contributed by atoms with Crippen LogP contribution in [0.1, 0.15) is 45.4 Å². The monoisotopic (exact) mass is 406 g/mol. The number of ether oxygens (including phenoxy) is 4. The molecule has 162 valence electrons. The fraction of sp³-hybridized carbons (Fsp3) is 0.682. The molecule has 7 nitrogen and oxygen atoms in total. The van der Waals surface area contributed by atoms with Crippen molar-refractivity contribution < 1.29 is 23.7 Å². The van der Waals surface area contributed by atoms with Crippen molar-refractivity contribution in [2.45, 2.75) is 57.5 Å². The van der Waals surface area contributed by atoms with Crippen molar-refractivity contribution in [1.29, 1.82) is 0 Å². The van der Waals surface area contributed by atoms with E-state index in [2.05, 4.69) is 17.1 Å². The zero-order valence-corrected chi connectivity index (χ0v) is 18.0. The second-order valence-electron chi connectivity index (χ2n) is 7.81. The Labute approximate surface area is 173 Å². The average molecular weight is 407 g/mol. The molecule has 2 bridgehead atoms. The smallest absolute Gasteiger partial charge is 0.323 e. The van der Waals surface area contributed by atoms with E-state index in [9.17, 15) is 4.79 Å². The zero-order chi connectivity index (χ0) is 20.8. The van der Waals surface area contributed by atoms with Crippen LogP contribution >= 0.6 is 0 Å². The first-order chi connectivity index (χ1) is 14.1. The minimum absolute atomic E-state index is 0.0694. The number of unbranched alkanes of at least 4 members (excludes halogenated alkanes) is 2. The number of nitrogens with one attached hydrogen (secondary N) is 1. The van der Waals surface area contributed by atoms with Gasteiger partial charge in [0.05, 0.1) is 34.6 Å². The van der Waals surface area contributed by atoms with E-state index in [0.717, 1.165) is 44.2 Å². The molecule has 1 heterocycles.